The van der Waals surface area contributed by atoms with Gasteiger partial charge in [0, 0.05) is 13.1 Å². The van der Waals surface area contributed by atoms with E-state index in [0.717, 1.165) is 0 Å². The molecule has 0 saturated carbocycles. The minimum atomic E-state index is -0.469. The van der Waals surface area contributed by atoms with Crippen LogP contribution >= 0.6 is 0 Å². The number of nitrogens with zero attached hydrogens (tertiary/aromatic N) is 4. The van der Waals surface area contributed by atoms with E-state index in [0.29, 0.717) is 31.1 Å². The Kier molecular flexibility index (Phi) is 4.87. The van der Waals surface area contributed by atoms with E-state index in [1.165, 1.54) is 17.0 Å². The van der Waals surface area contributed by atoms with Crippen LogP contribution in [-0.2, 0) is 9.57 Å². The van der Waals surface area contributed by atoms with Gasteiger partial charge in [0.1, 0.15) is 7.11 Å². The van der Waals surface area contributed by atoms with Gasteiger partial charge in [-0.05, 0) is 0 Å². The Bertz CT molecular complexity index is 330. The van der Waals surface area contributed by atoms with E-state index >= 15 is 0 Å². The van der Waals surface area contributed by atoms with E-state index in [9.17, 15) is 10.0 Å². The maximum absolute atomic E-state index is 11.4. The number of terminal acetylenes is 1. The zero-order valence-corrected chi connectivity index (χ0v) is 9.53. The third-order valence-electron chi connectivity index (χ3n) is 2.19. The van der Waals surface area contributed by atoms with Crippen molar-refractivity contribution in [2.24, 2.45) is 5.28 Å². The molecule has 0 aromatic carbocycles. The molecule has 0 spiro atoms. The van der Waals surface area contributed by atoms with Crippen LogP contribution < -0.4 is 0 Å². The van der Waals surface area contributed by atoms with Crippen LogP contribution in [0, 0.1) is 17.6 Å². The molecule has 1 saturated heterocycles. The molecular weight excluding hydrogens is 228 g/mol. The maximum Gasteiger partial charge on any atom is 0.410 e. The molecule has 1 rings (SSSR count). The molecule has 8 nitrogen and oxygen atoms in total. The van der Waals surface area contributed by atoms with E-state index in [1.807, 2.05) is 0 Å². The van der Waals surface area contributed by atoms with Crippen LogP contribution in [0.25, 0.3) is 0 Å². The summed E-state index contributed by atoms with van der Waals surface area (Å²) < 4.78 is 4.77. The minimum absolute atomic E-state index is 0.0499. The van der Waals surface area contributed by atoms with Crippen LogP contribution in [-0.4, -0.2) is 60.9 Å². The lowest BCUT2D eigenvalue weighted by molar-refractivity contribution is -0.711. The highest BCUT2D eigenvalue weighted by Crippen LogP contribution is 2.04. The van der Waals surface area contributed by atoms with Gasteiger partial charge in [0.2, 0.25) is 5.28 Å². The molecule has 1 fully saturated rings. The number of ether oxygens (including phenoxy) is 1. The highest BCUT2D eigenvalue weighted by molar-refractivity contribution is 5.67. The summed E-state index contributed by atoms with van der Waals surface area (Å²) in [5, 5.41) is 15.9. The lowest BCUT2D eigenvalue weighted by atomic mass is 10.4. The molecule has 0 aliphatic carbocycles. The lowest BCUT2D eigenvalue weighted by Crippen LogP contribution is -2.50. The average molecular weight is 242 g/mol. The third-order valence-corrected chi connectivity index (χ3v) is 2.19. The SMILES string of the molecule is C#CCOC(=O)N1CCN(/[N+]([O-])=N/OC)CC1. The summed E-state index contributed by atoms with van der Waals surface area (Å²) in [6.45, 7) is 1.43. The summed E-state index contributed by atoms with van der Waals surface area (Å²) in [7, 11) is 1.29. The highest BCUT2D eigenvalue weighted by atomic mass is 16.7. The number of piperazine rings is 1. The molecule has 94 valence electrons. The molecular formula is C9H14N4O4. The van der Waals surface area contributed by atoms with Crippen LogP contribution in [0.2, 0.25) is 0 Å². The summed E-state index contributed by atoms with van der Waals surface area (Å²) >= 11 is 0. The fraction of sp³-hybridized carbons (Fsp3) is 0.667. The number of hydrogen-bond acceptors (Lipinski definition) is 5. The van der Waals surface area contributed by atoms with Crippen LogP contribution in [0.15, 0.2) is 5.28 Å². The van der Waals surface area contributed by atoms with Crippen molar-refractivity contribution in [3.05, 3.63) is 5.21 Å². The Hall–Kier alpha value is -2.17. The monoisotopic (exact) mass is 242 g/mol. The average Bonchev–Trinajstić information content (AvgIpc) is 2.36. The summed E-state index contributed by atoms with van der Waals surface area (Å²) in [6, 6.07) is 0. The zero-order valence-electron chi connectivity index (χ0n) is 9.53. The van der Waals surface area contributed by atoms with Gasteiger partial charge >= 0.3 is 6.09 Å². The molecule has 0 aromatic heterocycles. The molecule has 0 atom stereocenters. The van der Waals surface area contributed by atoms with E-state index in [2.05, 4.69) is 16.0 Å². The summed E-state index contributed by atoms with van der Waals surface area (Å²) in [6.07, 6.45) is 4.50. The van der Waals surface area contributed by atoms with Crippen molar-refractivity contribution in [3.8, 4) is 12.3 Å². The first kappa shape index (κ1) is 12.9. The number of carbonyl (C=O) groups excluding carboxylic acids is 1. The van der Waals surface area contributed by atoms with Gasteiger partial charge in [-0.25, -0.2) is 4.79 Å². The van der Waals surface area contributed by atoms with Gasteiger partial charge in [0.25, 0.3) is 0 Å². The quantitative estimate of drug-likeness (QED) is 0.296. The predicted octanol–water partition coefficient (Wildman–Crippen LogP) is -0.187. The number of hydrazine groups is 1. The van der Waals surface area contributed by atoms with Gasteiger partial charge in [-0.15, -0.1) is 11.4 Å². The Balaban J connectivity index is 2.38. The molecule has 8 heteroatoms. The van der Waals surface area contributed by atoms with Crippen molar-refractivity contribution in [3.63, 3.8) is 0 Å². The summed E-state index contributed by atoms with van der Waals surface area (Å²) in [5.41, 5.74) is 0. The Morgan fingerprint density at radius 3 is 2.71 bits per heavy atom. The largest absolute Gasteiger partial charge is 0.569 e. The van der Waals surface area contributed by atoms with E-state index in [1.54, 1.807) is 0 Å². The normalized spacial score (nSPS) is 16.4. The molecule has 1 heterocycles. The number of carbonyl (C=O) groups is 1. The van der Waals surface area contributed by atoms with E-state index in [-0.39, 0.29) is 6.61 Å². The maximum atomic E-state index is 11.4. The molecule has 0 aromatic rings. The lowest BCUT2D eigenvalue weighted by Gasteiger charge is -2.30. The fourth-order valence-corrected chi connectivity index (χ4v) is 1.37. The predicted molar refractivity (Wildman–Crippen MR) is 56.4 cm³/mol. The van der Waals surface area contributed by atoms with Crippen molar-refractivity contribution in [1.29, 1.82) is 0 Å². The van der Waals surface area contributed by atoms with Gasteiger partial charge < -0.3 is 19.7 Å². The Morgan fingerprint density at radius 1 is 1.53 bits per heavy atom. The topological polar surface area (TPSA) is 80.4 Å². The van der Waals surface area contributed by atoms with Crippen molar-refractivity contribution in [1.82, 2.24) is 9.91 Å². The molecule has 0 N–H and O–H groups in total. The Morgan fingerprint density at radius 2 is 2.18 bits per heavy atom. The smallest absolute Gasteiger partial charge is 0.410 e. The first-order valence-corrected chi connectivity index (χ1v) is 5.00. The van der Waals surface area contributed by atoms with Crippen molar-refractivity contribution < 1.29 is 19.3 Å². The minimum Gasteiger partial charge on any atom is -0.569 e. The summed E-state index contributed by atoms with van der Waals surface area (Å²) in [4.78, 5) is 17.6. The second-order valence-electron chi connectivity index (χ2n) is 3.22. The summed E-state index contributed by atoms with van der Waals surface area (Å²) in [5.74, 6) is 2.21. The first-order chi connectivity index (χ1) is 8.19. The Labute approximate surface area is 98.9 Å². The molecule has 1 amide bonds. The van der Waals surface area contributed by atoms with Crippen LogP contribution in [0.5, 0.6) is 0 Å². The fourth-order valence-electron chi connectivity index (χ4n) is 1.37. The zero-order chi connectivity index (χ0) is 12.7. The molecule has 1 aliphatic rings. The van der Waals surface area contributed by atoms with Crippen molar-refractivity contribution in [2.45, 2.75) is 0 Å². The van der Waals surface area contributed by atoms with Gasteiger partial charge in [0.15, 0.2) is 6.61 Å². The van der Waals surface area contributed by atoms with Gasteiger partial charge in [-0.1, -0.05) is 5.92 Å². The van der Waals surface area contributed by atoms with Crippen LogP contribution in [0.4, 0.5) is 4.79 Å². The second kappa shape index (κ2) is 6.42. The highest BCUT2D eigenvalue weighted by Gasteiger charge is 2.26. The standard InChI is InChI=1S/C9H14N4O4/c1-3-8-17-9(14)11-4-6-12(7-5-11)13(15)10-16-2/h1H,4-8H2,2H3/b13-10-. The number of hydrogen-bond donors (Lipinski definition) is 0. The van der Waals surface area contributed by atoms with Crippen molar-refractivity contribution >= 4 is 6.09 Å². The van der Waals surface area contributed by atoms with Gasteiger partial charge in [-0.3, -0.25) is 0 Å². The van der Waals surface area contributed by atoms with Crippen LogP contribution in [0.1, 0.15) is 0 Å². The third kappa shape index (κ3) is 3.71. The molecule has 0 bridgehead atoms. The number of rotatable bonds is 3. The van der Waals surface area contributed by atoms with Crippen molar-refractivity contribution in [2.75, 3.05) is 39.9 Å². The number of amides is 1. The van der Waals surface area contributed by atoms with Gasteiger partial charge in [-0.2, -0.15) is 0 Å². The van der Waals surface area contributed by atoms with Crippen LogP contribution in [0.3, 0.4) is 0 Å². The molecule has 0 radical (unpaired) electrons. The second-order valence-corrected chi connectivity index (χ2v) is 3.22. The molecule has 17 heavy (non-hydrogen) atoms. The van der Waals surface area contributed by atoms with Gasteiger partial charge in [0.05, 0.1) is 18.1 Å². The molecule has 1 aliphatic heterocycles. The van der Waals surface area contributed by atoms with E-state index in [4.69, 9.17) is 11.2 Å². The first-order valence-electron chi connectivity index (χ1n) is 5.00. The molecule has 0 unspecified atom stereocenters. The van der Waals surface area contributed by atoms with E-state index < -0.39 is 6.09 Å².